The van der Waals surface area contributed by atoms with E-state index in [1.807, 2.05) is 6.07 Å². The lowest BCUT2D eigenvalue weighted by Crippen LogP contribution is -2.20. The topological polar surface area (TPSA) is 78.8 Å². The number of rotatable bonds is 6. The molecule has 0 atom stereocenters. The molecule has 2 N–H and O–H groups in total. The lowest BCUT2D eigenvalue weighted by Gasteiger charge is -2.06. The zero-order valence-corrected chi connectivity index (χ0v) is 12.2. The van der Waals surface area contributed by atoms with E-state index in [0.29, 0.717) is 5.71 Å². The van der Waals surface area contributed by atoms with Crippen LogP contribution in [0.1, 0.15) is 28.8 Å². The second-order valence-electron chi connectivity index (χ2n) is 4.77. The Morgan fingerprint density at radius 2 is 1.61 bits per heavy atom. The number of carboxylic acid groups (broad SMARTS) is 1. The van der Waals surface area contributed by atoms with Crippen LogP contribution in [-0.4, -0.2) is 22.7 Å². The molecule has 118 valence electrons. The summed E-state index contributed by atoms with van der Waals surface area (Å²) < 4.78 is 12.8. The van der Waals surface area contributed by atoms with E-state index in [2.05, 4.69) is 10.5 Å². The molecule has 0 saturated carbocycles. The van der Waals surface area contributed by atoms with Gasteiger partial charge in [-0.05, 0) is 29.8 Å². The highest BCUT2D eigenvalue weighted by Crippen LogP contribution is 2.07. The van der Waals surface area contributed by atoms with Crippen LogP contribution in [0.4, 0.5) is 4.39 Å². The van der Waals surface area contributed by atoms with Crippen LogP contribution in [-0.2, 0) is 4.79 Å². The predicted octanol–water partition coefficient (Wildman–Crippen LogP) is 2.82. The first-order valence-electron chi connectivity index (χ1n) is 6.96. The molecule has 0 radical (unpaired) electrons. The molecule has 0 saturated heterocycles. The van der Waals surface area contributed by atoms with Crippen LogP contribution in [0.25, 0.3) is 0 Å². The van der Waals surface area contributed by atoms with Crippen molar-refractivity contribution in [2.24, 2.45) is 5.10 Å². The van der Waals surface area contributed by atoms with Gasteiger partial charge in [0.05, 0.1) is 12.1 Å². The van der Waals surface area contributed by atoms with Crippen molar-refractivity contribution in [2.75, 3.05) is 0 Å². The van der Waals surface area contributed by atoms with E-state index < -0.39 is 17.7 Å². The highest BCUT2D eigenvalue weighted by Gasteiger charge is 2.09. The molecule has 2 aromatic carbocycles. The average molecular weight is 314 g/mol. The Hall–Kier alpha value is -3.02. The summed E-state index contributed by atoms with van der Waals surface area (Å²) >= 11 is 0. The van der Waals surface area contributed by atoms with Gasteiger partial charge in [-0.3, -0.25) is 9.59 Å². The van der Waals surface area contributed by atoms with Crippen molar-refractivity contribution in [1.29, 1.82) is 0 Å². The van der Waals surface area contributed by atoms with Crippen LogP contribution in [0, 0.1) is 5.82 Å². The number of carbonyl (C=O) groups is 2. The van der Waals surface area contributed by atoms with Gasteiger partial charge >= 0.3 is 5.97 Å². The number of carbonyl (C=O) groups excluding carboxylic acids is 1. The first kappa shape index (κ1) is 16.4. The Morgan fingerprint density at radius 1 is 0.957 bits per heavy atom. The van der Waals surface area contributed by atoms with Crippen LogP contribution in [0.2, 0.25) is 0 Å². The van der Waals surface area contributed by atoms with E-state index in [4.69, 9.17) is 5.11 Å². The Kier molecular flexibility index (Phi) is 5.57. The summed E-state index contributed by atoms with van der Waals surface area (Å²) in [6.07, 6.45) is 0.0865. The minimum Gasteiger partial charge on any atom is -0.481 e. The fourth-order valence-electron chi connectivity index (χ4n) is 1.90. The van der Waals surface area contributed by atoms with Crippen molar-refractivity contribution in [3.8, 4) is 0 Å². The predicted molar refractivity (Wildman–Crippen MR) is 83.7 cm³/mol. The summed E-state index contributed by atoms with van der Waals surface area (Å²) in [4.78, 5) is 22.7. The maximum Gasteiger partial charge on any atom is 0.303 e. The highest BCUT2D eigenvalue weighted by atomic mass is 19.1. The minimum absolute atomic E-state index is 0.0971. The molecule has 0 heterocycles. The lowest BCUT2D eigenvalue weighted by atomic mass is 10.1. The number of hydrogen-bond donors (Lipinski definition) is 2. The van der Waals surface area contributed by atoms with Gasteiger partial charge in [0.25, 0.3) is 5.91 Å². The van der Waals surface area contributed by atoms with Crippen LogP contribution in [0.15, 0.2) is 59.7 Å². The summed E-state index contributed by atoms with van der Waals surface area (Å²) in [5.74, 6) is -1.87. The van der Waals surface area contributed by atoms with Gasteiger partial charge in [-0.2, -0.15) is 5.10 Å². The molecule has 0 bridgehead atoms. The zero-order valence-electron chi connectivity index (χ0n) is 12.2. The number of benzene rings is 2. The van der Waals surface area contributed by atoms with E-state index in [1.54, 1.807) is 24.3 Å². The van der Waals surface area contributed by atoms with Gasteiger partial charge in [0.15, 0.2) is 0 Å². The van der Waals surface area contributed by atoms with Crippen molar-refractivity contribution in [2.45, 2.75) is 12.8 Å². The van der Waals surface area contributed by atoms with Crippen LogP contribution >= 0.6 is 0 Å². The van der Waals surface area contributed by atoms with Gasteiger partial charge in [0.1, 0.15) is 5.82 Å². The van der Waals surface area contributed by atoms with Crippen molar-refractivity contribution in [3.63, 3.8) is 0 Å². The zero-order chi connectivity index (χ0) is 16.7. The first-order valence-corrected chi connectivity index (χ1v) is 6.96. The summed E-state index contributed by atoms with van der Waals surface area (Å²) in [5.41, 5.74) is 3.83. The number of halogens is 1. The SMILES string of the molecule is O=C(O)CC/C(=N/NC(=O)c1ccc(F)cc1)c1ccccc1. The minimum atomic E-state index is -0.946. The van der Waals surface area contributed by atoms with E-state index in [9.17, 15) is 14.0 Å². The normalized spacial score (nSPS) is 11.1. The molecule has 0 aliphatic rings. The molecule has 0 aromatic heterocycles. The molecule has 0 aliphatic carbocycles. The maximum absolute atomic E-state index is 12.8. The van der Waals surface area contributed by atoms with Gasteiger partial charge in [-0.1, -0.05) is 30.3 Å². The van der Waals surface area contributed by atoms with Gasteiger partial charge in [0, 0.05) is 12.0 Å². The third kappa shape index (κ3) is 5.03. The van der Waals surface area contributed by atoms with Crippen LogP contribution < -0.4 is 5.43 Å². The average Bonchev–Trinajstić information content (AvgIpc) is 2.56. The van der Waals surface area contributed by atoms with Crippen molar-refractivity contribution < 1.29 is 19.1 Å². The Morgan fingerprint density at radius 3 is 2.22 bits per heavy atom. The summed E-state index contributed by atoms with van der Waals surface area (Å²) in [5, 5.41) is 12.8. The van der Waals surface area contributed by atoms with Crippen molar-refractivity contribution in [1.82, 2.24) is 5.43 Å². The summed E-state index contributed by atoms with van der Waals surface area (Å²) in [7, 11) is 0. The summed E-state index contributed by atoms with van der Waals surface area (Å²) in [6, 6.07) is 14.0. The molecule has 0 aliphatic heterocycles. The highest BCUT2D eigenvalue weighted by molar-refractivity contribution is 6.03. The number of aliphatic carboxylic acids is 1. The van der Waals surface area contributed by atoms with E-state index in [0.717, 1.165) is 5.56 Å². The smallest absolute Gasteiger partial charge is 0.303 e. The fraction of sp³-hybridized carbons (Fsp3) is 0.118. The first-order chi connectivity index (χ1) is 11.1. The molecule has 5 nitrogen and oxygen atoms in total. The Labute approximate surface area is 132 Å². The van der Waals surface area contributed by atoms with E-state index in [-0.39, 0.29) is 18.4 Å². The second kappa shape index (κ2) is 7.84. The molecule has 2 rings (SSSR count). The molecular formula is C17H15FN2O3. The molecule has 23 heavy (non-hydrogen) atoms. The molecule has 6 heteroatoms. The van der Waals surface area contributed by atoms with Crippen molar-refractivity contribution >= 4 is 17.6 Å². The number of nitrogens with zero attached hydrogens (tertiary/aromatic N) is 1. The number of hydrogen-bond acceptors (Lipinski definition) is 3. The lowest BCUT2D eigenvalue weighted by molar-refractivity contribution is -0.136. The Balaban J connectivity index is 2.14. The molecular weight excluding hydrogens is 299 g/mol. The van der Waals surface area contributed by atoms with Gasteiger partial charge in [0.2, 0.25) is 0 Å². The number of amides is 1. The van der Waals surface area contributed by atoms with Gasteiger partial charge in [-0.15, -0.1) is 0 Å². The third-order valence-corrected chi connectivity index (χ3v) is 3.08. The molecule has 1 amide bonds. The maximum atomic E-state index is 12.8. The van der Waals surface area contributed by atoms with Gasteiger partial charge < -0.3 is 5.11 Å². The largest absolute Gasteiger partial charge is 0.481 e. The molecule has 0 spiro atoms. The number of carboxylic acids is 1. The van der Waals surface area contributed by atoms with E-state index >= 15 is 0 Å². The molecule has 0 fully saturated rings. The fourth-order valence-corrected chi connectivity index (χ4v) is 1.90. The number of hydrazone groups is 1. The van der Waals surface area contributed by atoms with E-state index in [1.165, 1.54) is 24.3 Å². The molecule has 2 aromatic rings. The standard InChI is InChI=1S/C17H15FN2O3/c18-14-8-6-13(7-9-14)17(23)20-19-15(10-11-16(21)22)12-4-2-1-3-5-12/h1-9H,10-11H2,(H,20,23)(H,21,22)/b19-15-. The third-order valence-electron chi connectivity index (χ3n) is 3.08. The van der Waals surface area contributed by atoms with Crippen molar-refractivity contribution in [3.05, 3.63) is 71.5 Å². The number of nitrogens with one attached hydrogen (secondary N) is 1. The van der Waals surface area contributed by atoms with Crippen LogP contribution in [0.3, 0.4) is 0 Å². The second-order valence-corrected chi connectivity index (χ2v) is 4.77. The molecule has 0 unspecified atom stereocenters. The quantitative estimate of drug-likeness (QED) is 0.635. The Bertz CT molecular complexity index is 712. The summed E-state index contributed by atoms with van der Waals surface area (Å²) in [6.45, 7) is 0. The van der Waals surface area contributed by atoms with Gasteiger partial charge in [-0.25, -0.2) is 9.82 Å². The monoisotopic (exact) mass is 314 g/mol. The van der Waals surface area contributed by atoms with Crippen LogP contribution in [0.5, 0.6) is 0 Å².